The summed E-state index contributed by atoms with van der Waals surface area (Å²) < 4.78 is 12.7. The molecule has 2 rings (SSSR count). The molecule has 0 bridgehead atoms. The minimum atomic E-state index is -0.493. The molecule has 6 heteroatoms. The highest BCUT2D eigenvalue weighted by molar-refractivity contribution is 9.10. The maximum Gasteiger partial charge on any atom is 0.515 e. The van der Waals surface area contributed by atoms with Gasteiger partial charge in [-0.15, -0.1) is 0 Å². The summed E-state index contributed by atoms with van der Waals surface area (Å²) in [6, 6.07) is 3.57. The molecule has 2 heterocycles. The van der Waals surface area contributed by atoms with Crippen molar-refractivity contribution in [1.29, 1.82) is 0 Å². The van der Waals surface area contributed by atoms with Crippen molar-refractivity contribution in [2.75, 3.05) is 0 Å². The SMILES string of the molecule is CC1(C)OB(c2nc(Cl)ccc2Br)OC1(C)C. The number of hydrogen-bond donors (Lipinski definition) is 0. The fourth-order valence-electron chi connectivity index (χ4n) is 1.55. The summed E-state index contributed by atoms with van der Waals surface area (Å²) in [5.74, 6) is 0. The van der Waals surface area contributed by atoms with E-state index < -0.39 is 7.12 Å². The van der Waals surface area contributed by atoms with Crippen LogP contribution < -0.4 is 5.59 Å². The van der Waals surface area contributed by atoms with E-state index in [2.05, 4.69) is 20.9 Å². The largest absolute Gasteiger partial charge is 0.515 e. The van der Waals surface area contributed by atoms with Crippen LogP contribution in [0.3, 0.4) is 0 Å². The lowest BCUT2D eigenvalue weighted by Gasteiger charge is -2.32. The molecule has 1 aromatic rings. The average Bonchev–Trinajstić information content (AvgIpc) is 2.40. The number of halogens is 2. The number of aromatic nitrogens is 1. The van der Waals surface area contributed by atoms with Gasteiger partial charge in [-0.2, -0.15) is 0 Å². The van der Waals surface area contributed by atoms with E-state index in [0.29, 0.717) is 10.7 Å². The molecule has 0 unspecified atom stereocenters. The first-order chi connectivity index (χ1) is 7.73. The molecule has 92 valence electrons. The fourth-order valence-corrected chi connectivity index (χ4v) is 2.11. The lowest BCUT2D eigenvalue weighted by Crippen LogP contribution is -2.41. The third-order valence-electron chi connectivity index (χ3n) is 3.32. The van der Waals surface area contributed by atoms with E-state index in [-0.39, 0.29) is 11.2 Å². The predicted octanol–water partition coefficient (Wildman–Crippen LogP) is 2.80. The van der Waals surface area contributed by atoms with Crippen LogP contribution in [0.15, 0.2) is 16.6 Å². The Balaban J connectivity index is 2.35. The Morgan fingerprint density at radius 2 is 1.71 bits per heavy atom. The van der Waals surface area contributed by atoms with Crippen molar-refractivity contribution in [3.63, 3.8) is 0 Å². The van der Waals surface area contributed by atoms with Crippen LogP contribution in [0.4, 0.5) is 0 Å². The molecule has 3 nitrogen and oxygen atoms in total. The summed E-state index contributed by atoms with van der Waals surface area (Å²) in [5.41, 5.74) is -0.0708. The maximum atomic E-state index is 5.91. The van der Waals surface area contributed by atoms with Crippen molar-refractivity contribution in [3.05, 3.63) is 21.8 Å². The normalized spacial score (nSPS) is 21.9. The van der Waals surface area contributed by atoms with Crippen LogP contribution in [0.2, 0.25) is 5.15 Å². The minimum absolute atomic E-state index is 0.374. The second-order valence-corrected chi connectivity index (χ2v) is 6.33. The van der Waals surface area contributed by atoms with Gasteiger partial charge in [0, 0.05) is 4.47 Å². The second kappa shape index (κ2) is 4.23. The highest BCUT2D eigenvalue weighted by Gasteiger charge is 2.52. The summed E-state index contributed by atoms with van der Waals surface area (Å²) in [4.78, 5) is 4.25. The molecule has 1 saturated heterocycles. The Labute approximate surface area is 115 Å². The number of nitrogens with zero attached hydrogens (tertiary/aromatic N) is 1. The van der Waals surface area contributed by atoms with E-state index in [1.165, 1.54) is 0 Å². The average molecular weight is 318 g/mol. The van der Waals surface area contributed by atoms with Crippen molar-refractivity contribution < 1.29 is 9.31 Å². The van der Waals surface area contributed by atoms with Gasteiger partial charge in [0.05, 0.1) is 16.8 Å². The summed E-state index contributed by atoms with van der Waals surface area (Å²) in [6.07, 6.45) is 0. The number of rotatable bonds is 1. The lowest BCUT2D eigenvalue weighted by atomic mass is 9.84. The van der Waals surface area contributed by atoms with Gasteiger partial charge in [0.1, 0.15) is 5.15 Å². The van der Waals surface area contributed by atoms with E-state index in [1.807, 2.05) is 33.8 Å². The molecule has 0 N–H and O–H groups in total. The van der Waals surface area contributed by atoms with E-state index >= 15 is 0 Å². The third-order valence-corrected chi connectivity index (χ3v) is 4.20. The smallest absolute Gasteiger partial charge is 0.398 e. The Kier molecular flexibility index (Phi) is 3.32. The van der Waals surface area contributed by atoms with Crippen molar-refractivity contribution in [3.8, 4) is 0 Å². The summed E-state index contributed by atoms with van der Waals surface area (Å²) in [7, 11) is -0.493. The first kappa shape index (κ1) is 13.3. The fraction of sp³-hybridized carbons (Fsp3) is 0.545. The highest BCUT2D eigenvalue weighted by atomic mass is 79.9. The molecule has 0 amide bonds. The van der Waals surface area contributed by atoms with Crippen LogP contribution in [-0.2, 0) is 9.31 Å². The van der Waals surface area contributed by atoms with Gasteiger partial charge in [0.15, 0.2) is 0 Å². The van der Waals surface area contributed by atoms with Gasteiger partial charge in [0.2, 0.25) is 0 Å². The number of pyridine rings is 1. The van der Waals surface area contributed by atoms with Gasteiger partial charge in [0.25, 0.3) is 0 Å². The molecule has 0 aliphatic carbocycles. The zero-order valence-electron chi connectivity index (χ0n) is 10.3. The van der Waals surface area contributed by atoms with E-state index in [9.17, 15) is 0 Å². The quantitative estimate of drug-likeness (QED) is 0.589. The molecule has 1 aromatic heterocycles. The van der Waals surface area contributed by atoms with Gasteiger partial charge in [-0.3, -0.25) is 0 Å². The van der Waals surface area contributed by atoms with Gasteiger partial charge in [-0.25, -0.2) is 4.98 Å². The van der Waals surface area contributed by atoms with E-state index in [0.717, 1.165) is 4.47 Å². The third kappa shape index (κ3) is 2.39. The monoisotopic (exact) mass is 317 g/mol. The molecule has 1 aliphatic rings. The maximum absolute atomic E-state index is 5.91. The summed E-state index contributed by atoms with van der Waals surface area (Å²) in [5, 5.41) is 0.429. The molecule has 0 aromatic carbocycles. The molecule has 0 saturated carbocycles. The Bertz CT molecular complexity index is 437. The second-order valence-electron chi connectivity index (χ2n) is 5.09. The zero-order valence-corrected chi connectivity index (χ0v) is 12.6. The zero-order chi connectivity index (χ0) is 12.8. The van der Waals surface area contributed by atoms with Gasteiger partial charge >= 0.3 is 7.12 Å². The Morgan fingerprint density at radius 1 is 1.18 bits per heavy atom. The van der Waals surface area contributed by atoms with Crippen molar-refractivity contribution in [1.82, 2.24) is 4.98 Å². The molecule has 1 aliphatic heterocycles. The topological polar surface area (TPSA) is 31.4 Å². The molecular weight excluding hydrogens is 304 g/mol. The first-order valence-electron chi connectivity index (χ1n) is 5.40. The molecule has 0 radical (unpaired) electrons. The van der Waals surface area contributed by atoms with Crippen molar-refractivity contribution in [2.24, 2.45) is 0 Å². The minimum Gasteiger partial charge on any atom is -0.398 e. The van der Waals surface area contributed by atoms with Gasteiger partial charge in [-0.1, -0.05) is 11.6 Å². The first-order valence-corrected chi connectivity index (χ1v) is 6.58. The summed E-state index contributed by atoms with van der Waals surface area (Å²) >= 11 is 9.33. The number of hydrogen-bond acceptors (Lipinski definition) is 3. The predicted molar refractivity (Wildman–Crippen MR) is 72.7 cm³/mol. The molecule has 0 atom stereocenters. The van der Waals surface area contributed by atoms with Crippen molar-refractivity contribution >= 4 is 40.2 Å². The Morgan fingerprint density at radius 3 is 2.24 bits per heavy atom. The van der Waals surface area contributed by atoms with E-state index in [1.54, 1.807) is 6.07 Å². The van der Waals surface area contributed by atoms with Crippen LogP contribution in [0.1, 0.15) is 27.7 Å². The van der Waals surface area contributed by atoms with Crippen LogP contribution >= 0.6 is 27.5 Å². The molecule has 0 spiro atoms. The van der Waals surface area contributed by atoms with Gasteiger partial charge < -0.3 is 9.31 Å². The summed E-state index contributed by atoms with van der Waals surface area (Å²) in [6.45, 7) is 8.02. The van der Waals surface area contributed by atoms with Crippen molar-refractivity contribution in [2.45, 2.75) is 38.9 Å². The molecule has 1 fully saturated rings. The van der Waals surface area contributed by atoms with Gasteiger partial charge in [-0.05, 0) is 55.8 Å². The molecule has 17 heavy (non-hydrogen) atoms. The van der Waals surface area contributed by atoms with E-state index in [4.69, 9.17) is 20.9 Å². The Hall–Kier alpha value is -0.0951. The highest BCUT2D eigenvalue weighted by Crippen LogP contribution is 2.36. The van der Waals surface area contributed by atoms with Crippen LogP contribution in [0.25, 0.3) is 0 Å². The van der Waals surface area contributed by atoms with Crippen LogP contribution in [0.5, 0.6) is 0 Å². The standard InChI is InChI=1S/C11H14BBrClNO2/c1-10(2)11(3,4)17-12(16-10)9-7(13)5-6-8(14)15-9/h5-6H,1-4H3. The lowest BCUT2D eigenvalue weighted by molar-refractivity contribution is 0.00578. The van der Waals surface area contributed by atoms with Crippen LogP contribution in [-0.4, -0.2) is 23.3 Å². The molecular formula is C11H14BBrClNO2. The van der Waals surface area contributed by atoms with Crippen LogP contribution in [0, 0.1) is 0 Å².